The molecule has 0 N–H and O–H groups in total. The number of furan rings is 1. The van der Waals surface area contributed by atoms with Gasteiger partial charge in [0.25, 0.3) is 0 Å². The van der Waals surface area contributed by atoms with Gasteiger partial charge in [-0.05, 0) is 54.3 Å². The second kappa shape index (κ2) is 9.11. The molecule has 0 spiro atoms. The Bertz CT molecular complexity index is 1710. The van der Waals surface area contributed by atoms with Crippen LogP contribution in [0.15, 0.2) is 88.4 Å². The Kier molecular flexibility index (Phi) is 5.62. The lowest BCUT2D eigenvalue weighted by Crippen LogP contribution is -2.09. The van der Waals surface area contributed by atoms with Crippen LogP contribution in [0.25, 0.3) is 28.4 Å². The van der Waals surface area contributed by atoms with E-state index in [0.29, 0.717) is 33.8 Å². The van der Waals surface area contributed by atoms with Crippen LogP contribution in [0, 0.1) is 6.92 Å². The van der Waals surface area contributed by atoms with Crippen molar-refractivity contribution in [1.82, 2.24) is 0 Å². The molecule has 6 nitrogen and oxygen atoms in total. The summed E-state index contributed by atoms with van der Waals surface area (Å²) in [6.45, 7) is 1.98. The quantitative estimate of drug-likeness (QED) is 0.141. The monoisotopic (exact) mass is 508 g/mol. The summed E-state index contributed by atoms with van der Waals surface area (Å²) in [4.78, 5) is 27.3. The highest BCUT2D eigenvalue weighted by molar-refractivity contribution is 7.11. The smallest absolute Gasteiger partial charge is 0.348 e. The van der Waals surface area contributed by atoms with Gasteiger partial charge in [-0.2, -0.15) is 0 Å². The Morgan fingerprint density at radius 3 is 2.54 bits per heavy atom. The molecule has 0 saturated carbocycles. The largest absolute Gasteiger partial charge is 0.497 e. The second-order valence-electron chi connectivity index (χ2n) is 8.49. The Morgan fingerprint density at radius 2 is 1.78 bits per heavy atom. The van der Waals surface area contributed by atoms with Crippen molar-refractivity contribution in [2.24, 2.45) is 0 Å². The van der Waals surface area contributed by atoms with Crippen molar-refractivity contribution >= 4 is 40.1 Å². The lowest BCUT2D eigenvalue weighted by molar-refractivity contribution is 0.0736. The van der Waals surface area contributed by atoms with Gasteiger partial charge in [0.05, 0.1) is 12.7 Å². The summed E-state index contributed by atoms with van der Waals surface area (Å²) in [5.41, 5.74) is 3.05. The zero-order chi connectivity index (χ0) is 25.5. The lowest BCUT2D eigenvalue weighted by Gasteiger charge is -2.07. The lowest BCUT2D eigenvalue weighted by atomic mass is 10.1. The second-order valence-corrected chi connectivity index (χ2v) is 9.44. The summed E-state index contributed by atoms with van der Waals surface area (Å²) in [7, 11) is 1.56. The van der Waals surface area contributed by atoms with Gasteiger partial charge in [-0.15, -0.1) is 11.3 Å². The van der Waals surface area contributed by atoms with Crippen LogP contribution in [-0.2, 0) is 0 Å². The van der Waals surface area contributed by atoms with Crippen LogP contribution in [0.4, 0.5) is 0 Å². The molecule has 0 bridgehead atoms. The fourth-order valence-corrected chi connectivity index (χ4v) is 5.09. The summed E-state index contributed by atoms with van der Waals surface area (Å²) < 4.78 is 23.1. The van der Waals surface area contributed by atoms with E-state index >= 15 is 0 Å². The van der Waals surface area contributed by atoms with Crippen molar-refractivity contribution in [3.63, 3.8) is 0 Å². The highest BCUT2D eigenvalue weighted by atomic mass is 32.1. The molecule has 1 aliphatic rings. The number of ether oxygens (including phenoxy) is 3. The van der Waals surface area contributed by atoms with Gasteiger partial charge in [0, 0.05) is 28.0 Å². The number of esters is 1. The number of ketones is 1. The van der Waals surface area contributed by atoms with Crippen molar-refractivity contribution in [2.75, 3.05) is 7.11 Å². The van der Waals surface area contributed by atoms with E-state index in [1.807, 2.05) is 48.7 Å². The molecule has 7 heteroatoms. The molecule has 6 rings (SSSR count). The Morgan fingerprint density at radius 1 is 0.973 bits per heavy atom. The summed E-state index contributed by atoms with van der Waals surface area (Å²) in [6, 6.07) is 21.4. The minimum Gasteiger partial charge on any atom is -0.497 e. The molecular weight excluding hydrogens is 488 g/mol. The molecule has 0 unspecified atom stereocenters. The standard InChI is InChI=1S/C30H20O6S/c1-17-12-13-37-26(17)16-25-28(31)21-10-8-20(15-24(21)35-25)34-30(32)27-22-14-19(33-2)9-11-23(22)36-29(27)18-6-4-3-5-7-18/h3-16H,1-2H3/b25-16-. The third-order valence-electron chi connectivity index (χ3n) is 6.15. The van der Waals surface area contributed by atoms with Crippen LogP contribution in [0.5, 0.6) is 17.2 Å². The van der Waals surface area contributed by atoms with Crippen molar-refractivity contribution in [2.45, 2.75) is 6.92 Å². The van der Waals surface area contributed by atoms with Crippen molar-refractivity contribution in [3.8, 4) is 28.6 Å². The predicted octanol–water partition coefficient (Wildman–Crippen LogP) is 7.31. The van der Waals surface area contributed by atoms with Gasteiger partial charge >= 0.3 is 5.97 Å². The van der Waals surface area contributed by atoms with E-state index in [2.05, 4.69) is 0 Å². The number of fused-ring (bicyclic) bond motifs is 2. The highest BCUT2D eigenvalue weighted by Crippen LogP contribution is 2.38. The molecule has 0 radical (unpaired) electrons. The first kappa shape index (κ1) is 22.8. The van der Waals surface area contributed by atoms with Gasteiger partial charge in [-0.25, -0.2) is 4.79 Å². The van der Waals surface area contributed by atoms with Crippen LogP contribution in [-0.4, -0.2) is 18.9 Å². The van der Waals surface area contributed by atoms with Crippen molar-refractivity contribution in [1.29, 1.82) is 0 Å². The van der Waals surface area contributed by atoms with Crippen LogP contribution >= 0.6 is 11.3 Å². The number of hydrogen-bond donors (Lipinski definition) is 0. The maximum Gasteiger partial charge on any atom is 0.348 e. The summed E-state index contributed by atoms with van der Waals surface area (Å²) in [6.07, 6.45) is 1.74. The highest BCUT2D eigenvalue weighted by Gasteiger charge is 2.29. The Hall–Kier alpha value is -4.62. The number of benzene rings is 3. The Labute approximate surface area is 216 Å². The fourth-order valence-electron chi connectivity index (χ4n) is 4.24. The van der Waals surface area contributed by atoms with Crippen LogP contribution in [0.2, 0.25) is 0 Å². The molecule has 3 heterocycles. The SMILES string of the molecule is COc1ccc2oc(-c3ccccc3)c(C(=O)Oc3ccc4c(c3)O/C(=C\c3sccc3C)C4=O)c2c1. The molecule has 5 aromatic rings. The third-order valence-corrected chi connectivity index (χ3v) is 7.12. The maximum absolute atomic E-state index is 13.5. The zero-order valence-corrected chi connectivity index (χ0v) is 20.8. The number of methoxy groups -OCH3 is 1. The van der Waals surface area contributed by atoms with Gasteiger partial charge in [0.15, 0.2) is 5.76 Å². The van der Waals surface area contributed by atoms with Gasteiger partial charge in [-0.1, -0.05) is 30.3 Å². The minimum absolute atomic E-state index is 0.208. The topological polar surface area (TPSA) is 75.0 Å². The van der Waals surface area contributed by atoms with E-state index in [1.165, 1.54) is 11.3 Å². The van der Waals surface area contributed by atoms with Gasteiger partial charge in [0.1, 0.15) is 34.2 Å². The molecule has 0 aliphatic carbocycles. The first-order valence-electron chi connectivity index (χ1n) is 11.5. The first-order valence-corrected chi connectivity index (χ1v) is 12.4. The summed E-state index contributed by atoms with van der Waals surface area (Å²) >= 11 is 1.53. The van der Waals surface area contributed by atoms with E-state index in [-0.39, 0.29) is 22.9 Å². The van der Waals surface area contributed by atoms with Crippen molar-refractivity contribution in [3.05, 3.63) is 106 Å². The van der Waals surface area contributed by atoms with E-state index in [9.17, 15) is 9.59 Å². The molecule has 0 amide bonds. The van der Waals surface area contributed by atoms with Gasteiger partial charge in [-0.3, -0.25) is 4.79 Å². The number of hydrogen-bond acceptors (Lipinski definition) is 7. The average molecular weight is 509 g/mol. The first-order chi connectivity index (χ1) is 18.0. The van der Waals surface area contributed by atoms with E-state index in [4.69, 9.17) is 18.6 Å². The molecule has 0 atom stereocenters. The number of Topliss-reactive ketones (excluding diaryl/α,β-unsaturated/α-hetero) is 1. The van der Waals surface area contributed by atoms with Crippen LogP contribution in [0.1, 0.15) is 31.2 Å². The molecule has 1 aliphatic heterocycles. The van der Waals surface area contributed by atoms with Crippen LogP contribution < -0.4 is 14.2 Å². The molecule has 0 fully saturated rings. The number of carbonyl (C=O) groups is 2. The zero-order valence-electron chi connectivity index (χ0n) is 19.9. The fraction of sp³-hybridized carbons (Fsp3) is 0.0667. The molecule has 0 saturated heterocycles. The molecule has 3 aromatic carbocycles. The number of carbonyl (C=O) groups excluding carboxylic acids is 2. The van der Waals surface area contributed by atoms with Crippen molar-refractivity contribution < 1.29 is 28.2 Å². The third kappa shape index (κ3) is 4.09. The normalized spacial score (nSPS) is 13.6. The number of rotatable bonds is 5. The minimum atomic E-state index is -0.597. The van der Waals surface area contributed by atoms with E-state index in [0.717, 1.165) is 16.0 Å². The molecular formula is C30H20O6S. The number of aryl methyl sites for hydroxylation is 1. The molecule has 182 valence electrons. The number of thiophene rings is 1. The summed E-state index contributed by atoms with van der Waals surface area (Å²) in [5.74, 6) is 1.02. The van der Waals surface area contributed by atoms with Crippen LogP contribution in [0.3, 0.4) is 0 Å². The summed E-state index contributed by atoms with van der Waals surface area (Å²) in [5, 5.41) is 2.54. The predicted molar refractivity (Wildman–Crippen MR) is 142 cm³/mol. The van der Waals surface area contributed by atoms with E-state index in [1.54, 1.807) is 49.6 Å². The number of allylic oxidation sites excluding steroid dienone is 1. The van der Waals surface area contributed by atoms with Gasteiger partial charge in [0.2, 0.25) is 5.78 Å². The van der Waals surface area contributed by atoms with E-state index < -0.39 is 5.97 Å². The Balaban J connectivity index is 1.35. The van der Waals surface area contributed by atoms with Gasteiger partial charge < -0.3 is 18.6 Å². The average Bonchev–Trinajstić information content (AvgIpc) is 3.59. The maximum atomic E-state index is 13.5. The molecule has 2 aromatic heterocycles. The molecule has 37 heavy (non-hydrogen) atoms.